The fourth-order valence-corrected chi connectivity index (χ4v) is 4.04. The lowest BCUT2D eigenvalue weighted by molar-refractivity contribution is 0.0939. The summed E-state index contributed by atoms with van der Waals surface area (Å²) >= 11 is 0. The van der Waals surface area contributed by atoms with Crippen molar-refractivity contribution in [1.82, 2.24) is 5.32 Å². The van der Waals surface area contributed by atoms with Crippen molar-refractivity contribution in [3.8, 4) is 0 Å². The molecule has 1 atom stereocenters. The zero-order valence-corrected chi connectivity index (χ0v) is 16.5. The number of nitrogens with one attached hydrogen (secondary N) is 2. The molecule has 1 amide bonds. The molecule has 28 heavy (non-hydrogen) atoms. The van der Waals surface area contributed by atoms with Crippen molar-refractivity contribution in [2.24, 2.45) is 0 Å². The largest absolute Gasteiger partial charge is 0.346 e. The van der Waals surface area contributed by atoms with Gasteiger partial charge in [0.05, 0.1) is 16.6 Å². The number of amides is 1. The SMILES string of the molecule is Cc1c(NS(=O)(=O)c2ccccc2)cccc1C(=O)N[C@H](C)c1ccccc1. The van der Waals surface area contributed by atoms with E-state index in [0.29, 0.717) is 16.8 Å². The van der Waals surface area contributed by atoms with E-state index >= 15 is 0 Å². The third kappa shape index (κ3) is 4.40. The lowest BCUT2D eigenvalue weighted by Gasteiger charge is -2.17. The minimum Gasteiger partial charge on any atom is -0.346 e. The normalized spacial score (nSPS) is 12.2. The third-order valence-corrected chi connectivity index (χ3v) is 5.90. The van der Waals surface area contributed by atoms with Crippen LogP contribution in [-0.4, -0.2) is 14.3 Å². The first-order chi connectivity index (χ1) is 13.4. The van der Waals surface area contributed by atoms with Gasteiger partial charge in [-0.25, -0.2) is 8.42 Å². The van der Waals surface area contributed by atoms with E-state index in [1.807, 2.05) is 37.3 Å². The molecule has 0 aliphatic heterocycles. The standard InChI is InChI=1S/C22H22N2O3S/c1-16-20(22(25)23-17(2)18-10-5-3-6-11-18)14-9-15-21(16)24-28(26,27)19-12-7-4-8-13-19/h3-15,17,24H,1-2H3,(H,23,25)/t17-/m1/s1. The summed E-state index contributed by atoms with van der Waals surface area (Å²) in [5.74, 6) is -0.255. The number of sulfonamides is 1. The number of hydrogen-bond donors (Lipinski definition) is 2. The lowest BCUT2D eigenvalue weighted by atomic mass is 10.0. The van der Waals surface area contributed by atoms with E-state index in [9.17, 15) is 13.2 Å². The van der Waals surface area contributed by atoms with Crippen molar-refractivity contribution in [3.05, 3.63) is 95.6 Å². The molecule has 5 nitrogen and oxygen atoms in total. The van der Waals surface area contributed by atoms with E-state index in [-0.39, 0.29) is 16.8 Å². The van der Waals surface area contributed by atoms with E-state index in [4.69, 9.17) is 0 Å². The van der Waals surface area contributed by atoms with Crippen LogP contribution in [0.25, 0.3) is 0 Å². The summed E-state index contributed by atoms with van der Waals surface area (Å²) in [6, 6.07) is 22.6. The van der Waals surface area contributed by atoms with Crippen LogP contribution in [0.3, 0.4) is 0 Å². The van der Waals surface area contributed by atoms with Crippen LogP contribution < -0.4 is 10.0 Å². The maximum atomic E-state index is 12.7. The molecule has 6 heteroatoms. The zero-order valence-electron chi connectivity index (χ0n) is 15.7. The predicted octanol–water partition coefficient (Wildman–Crippen LogP) is 4.29. The number of carbonyl (C=O) groups excluding carboxylic acids is 1. The van der Waals surface area contributed by atoms with Crippen molar-refractivity contribution in [2.45, 2.75) is 24.8 Å². The van der Waals surface area contributed by atoms with Gasteiger partial charge in [0.25, 0.3) is 15.9 Å². The van der Waals surface area contributed by atoms with Crippen LogP contribution in [0.15, 0.2) is 83.8 Å². The van der Waals surface area contributed by atoms with Gasteiger partial charge in [-0.3, -0.25) is 9.52 Å². The molecule has 0 aliphatic carbocycles. The second-order valence-corrected chi connectivity index (χ2v) is 8.18. The first-order valence-electron chi connectivity index (χ1n) is 8.92. The molecule has 3 aromatic rings. The van der Waals surface area contributed by atoms with Gasteiger partial charge in [-0.2, -0.15) is 0 Å². The monoisotopic (exact) mass is 394 g/mol. The molecular formula is C22H22N2O3S. The summed E-state index contributed by atoms with van der Waals surface area (Å²) in [5, 5.41) is 2.96. The lowest BCUT2D eigenvalue weighted by Crippen LogP contribution is -2.27. The van der Waals surface area contributed by atoms with Gasteiger partial charge < -0.3 is 5.32 Å². The molecule has 144 valence electrons. The molecule has 0 fully saturated rings. The number of hydrogen-bond acceptors (Lipinski definition) is 3. The fourth-order valence-electron chi connectivity index (χ4n) is 2.89. The van der Waals surface area contributed by atoms with Gasteiger partial charge in [0.2, 0.25) is 0 Å². The highest BCUT2D eigenvalue weighted by Gasteiger charge is 2.19. The van der Waals surface area contributed by atoms with Crippen LogP contribution in [-0.2, 0) is 10.0 Å². The minimum absolute atomic E-state index is 0.168. The molecule has 2 N–H and O–H groups in total. The Morgan fingerprint density at radius 2 is 1.46 bits per heavy atom. The first-order valence-corrected chi connectivity index (χ1v) is 10.4. The molecule has 0 radical (unpaired) electrons. The van der Waals surface area contributed by atoms with E-state index < -0.39 is 10.0 Å². The maximum Gasteiger partial charge on any atom is 0.261 e. The average molecular weight is 394 g/mol. The average Bonchev–Trinajstić information content (AvgIpc) is 2.70. The minimum atomic E-state index is -3.73. The van der Waals surface area contributed by atoms with Crippen molar-refractivity contribution >= 4 is 21.6 Å². The summed E-state index contributed by atoms with van der Waals surface area (Å²) in [7, 11) is -3.73. The second-order valence-electron chi connectivity index (χ2n) is 6.50. The molecule has 0 saturated heterocycles. The van der Waals surface area contributed by atoms with Crippen molar-refractivity contribution in [2.75, 3.05) is 4.72 Å². The summed E-state index contributed by atoms with van der Waals surface area (Å²) in [5.41, 5.74) is 2.37. The van der Waals surface area contributed by atoms with Crippen molar-refractivity contribution in [3.63, 3.8) is 0 Å². The van der Waals surface area contributed by atoms with E-state index in [1.165, 1.54) is 12.1 Å². The van der Waals surface area contributed by atoms with E-state index in [2.05, 4.69) is 10.0 Å². The van der Waals surface area contributed by atoms with Gasteiger partial charge >= 0.3 is 0 Å². The molecule has 0 bridgehead atoms. The highest BCUT2D eigenvalue weighted by molar-refractivity contribution is 7.92. The van der Waals surface area contributed by atoms with Crippen LogP contribution in [0.2, 0.25) is 0 Å². The van der Waals surface area contributed by atoms with Gasteiger partial charge in [0.15, 0.2) is 0 Å². The Morgan fingerprint density at radius 1 is 0.857 bits per heavy atom. The molecule has 0 unspecified atom stereocenters. The highest BCUT2D eigenvalue weighted by Crippen LogP contribution is 2.23. The Balaban J connectivity index is 1.82. The predicted molar refractivity (Wildman–Crippen MR) is 111 cm³/mol. The van der Waals surface area contributed by atoms with Gasteiger partial charge in [0, 0.05) is 5.56 Å². The molecule has 0 heterocycles. The smallest absolute Gasteiger partial charge is 0.261 e. The summed E-state index contributed by atoms with van der Waals surface area (Å²) < 4.78 is 27.7. The fraction of sp³-hybridized carbons (Fsp3) is 0.136. The van der Waals surface area contributed by atoms with Gasteiger partial charge in [-0.15, -0.1) is 0 Å². The Bertz CT molecular complexity index is 1070. The van der Waals surface area contributed by atoms with Crippen LogP contribution in [0.4, 0.5) is 5.69 Å². The van der Waals surface area contributed by atoms with Crippen LogP contribution >= 0.6 is 0 Å². The van der Waals surface area contributed by atoms with Crippen molar-refractivity contribution in [1.29, 1.82) is 0 Å². The number of anilines is 1. The van der Waals surface area contributed by atoms with Gasteiger partial charge in [-0.05, 0) is 49.2 Å². The van der Waals surface area contributed by atoms with Gasteiger partial charge in [0.1, 0.15) is 0 Å². The van der Waals surface area contributed by atoms with E-state index in [1.54, 1.807) is 43.3 Å². The van der Waals surface area contributed by atoms with Crippen LogP contribution in [0.1, 0.15) is 34.5 Å². The van der Waals surface area contributed by atoms with Crippen LogP contribution in [0.5, 0.6) is 0 Å². The van der Waals surface area contributed by atoms with Crippen molar-refractivity contribution < 1.29 is 13.2 Å². The summed E-state index contributed by atoms with van der Waals surface area (Å²) in [4.78, 5) is 12.9. The molecule has 0 saturated carbocycles. The number of benzene rings is 3. The van der Waals surface area contributed by atoms with Crippen LogP contribution in [0, 0.1) is 6.92 Å². The Hall–Kier alpha value is -3.12. The highest BCUT2D eigenvalue weighted by atomic mass is 32.2. The molecule has 3 rings (SSSR count). The molecular weight excluding hydrogens is 372 g/mol. The quantitative estimate of drug-likeness (QED) is 0.655. The van der Waals surface area contributed by atoms with Gasteiger partial charge in [-0.1, -0.05) is 54.6 Å². The topological polar surface area (TPSA) is 75.3 Å². The maximum absolute atomic E-state index is 12.7. The number of rotatable bonds is 6. The second kappa shape index (κ2) is 8.27. The Morgan fingerprint density at radius 3 is 2.11 bits per heavy atom. The zero-order chi connectivity index (χ0) is 20.1. The molecule has 0 aromatic heterocycles. The molecule has 3 aromatic carbocycles. The first kappa shape index (κ1) is 19.6. The summed E-state index contributed by atoms with van der Waals surface area (Å²) in [6.07, 6.45) is 0. The van der Waals surface area contributed by atoms with E-state index in [0.717, 1.165) is 5.56 Å². The molecule has 0 spiro atoms. The molecule has 0 aliphatic rings. The Labute approximate surface area is 165 Å². The number of carbonyl (C=O) groups is 1. The summed E-state index contributed by atoms with van der Waals surface area (Å²) in [6.45, 7) is 3.63. The third-order valence-electron chi connectivity index (χ3n) is 4.52. The Kier molecular flexibility index (Phi) is 5.80.